The summed E-state index contributed by atoms with van der Waals surface area (Å²) in [7, 11) is 0. The van der Waals surface area contributed by atoms with Gasteiger partial charge in [-0.2, -0.15) is 0 Å². The first-order valence-electron chi connectivity index (χ1n) is 5.56. The SMILES string of the molecule is NC(=O)C1CCCN(c2ccc(N)cc2)C1. The summed E-state index contributed by atoms with van der Waals surface area (Å²) in [6.07, 6.45) is 1.92. The van der Waals surface area contributed by atoms with Gasteiger partial charge in [-0.3, -0.25) is 4.79 Å². The van der Waals surface area contributed by atoms with Crippen molar-refractivity contribution < 1.29 is 4.79 Å². The van der Waals surface area contributed by atoms with Gasteiger partial charge in [0.15, 0.2) is 0 Å². The van der Waals surface area contributed by atoms with Gasteiger partial charge < -0.3 is 16.4 Å². The molecule has 0 saturated carbocycles. The van der Waals surface area contributed by atoms with E-state index in [-0.39, 0.29) is 11.8 Å². The van der Waals surface area contributed by atoms with Crippen LogP contribution in [0.5, 0.6) is 0 Å². The number of benzene rings is 1. The molecular formula is C12H17N3O. The fraction of sp³-hybridized carbons (Fsp3) is 0.417. The monoisotopic (exact) mass is 219 g/mol. The number of carbonyl (C=O) groups excluding carboxylic acids is 1. The van der Waals surface area contributed by atoms with Crippen molar-refractivity contribution in [3.63, 3.8) is 0 Å². The molecule has 1 saturated heterocycles. The normalized spacial score (nSPS) is 20.8. The van der Waals surface area contributed by atoms with E-state index < -0.39 is 0 Å². The second-order valence-corrected chi connectivity index (χ2v) is 4.28. The van der Waals surface area contributed by atoms with Crippen LogP contribution in [0.3, 0.4) is 0 Å². The summed E-state index contributed by atoms with van der Waals surface area (Å²) in [5, 5.41) is 0. The highest BCUT2D eigenvalue weighted by Crippen LogP contribution is 2.23. The first-order chi connectivity index (χ1) is 7.66. The summed E-state index contributed by atoms with van der Waals surface area (Å²) in [6, 6.07) is 7.73. The second kappa shape index (κ2) is 4.43. The zero-order valence-electron chi connectivity index (χ0n) is 9.23. The number of carbonyl (C=O) groups is 1. The number of hydrogen-bond acceptors (Lipinski definition) is 3. The Hall–Kier alpha value is -1.71. The molecule has 1 aliphatic rings. The Kier molecular flexibility index (Phi) is 2.99. The van der Waals surface area contributed by atoms with Crippen LogP contribution in [0.4, 0.5) is 11.4 Å². The molecule has 1 amide bonds. The molecule has 1 fully saturated rings. The Bertz CT molecular complexity index is 374. The van der Waals surface area contributed by atoms with Crippen molar-refractivity contribution >= 4 is 17.3 Å². The lowest BCUT2D eigenvalue weighted by Crippen LogP contribution is -2.41. The molecule has 0 bridgehead atoms. The van der Waals surface area contributed by atoms with Crippen molar-refractivity contribution in [3.8, 4) is 0 Å². The Morgan fingerprint density at radius 2 is 2.00 bits per heavy atom. The van der Waals surface area contributed by atoms with Gasteiger partial charge in [-0.1, -0.05) is 0 Å². The fourth-order valence-corrected chi connectivity index (χ4v) is 2.13. The molecule has 1 aromatic carbocycles. The summed E-state index contributed by atoms with van der Waals surface area (Å²) >= 11 is 0. The number of nitrogen functional groups attached to an aromatic ring is 1. The highest BCUT2D eigenvalue weighted by molar-refractivity contribution is 5.77. The van der Waals surface area contributed by atoms with Gasteiger partial charge in [-0.15, -0.1) is 0 Å². The van der Waals surface area contributed by atoms with E-state index in [1.165, 1.54) is 0 Å². The number of anilines is 2. The van der Waals surface area contributed by atoms with E-state index in [0.717, 1.165) is 37.3 Å². The number of amides is 1. The lowest BCUT2D eigenvalue weighted by atomic mass is 9.97. The average Bonchev–Trinajstić information content (AvgIpc) is 2.30. The van der Waals surface area contributed by atoms with E-state index in [2.05, 4.69) is 4.90 Å². The lowest BCUT2D eigenvalue weighted by Gasteiger charge is -2.33. The maximum atomic E-state index is 11.2. The summed E-state index contributed by atoms with van der Waals surface area (Å²) in [5.41, 5.74) is 12.9. The van der Waals surface area contributed by atoms with Crippen LogP contribution in [0.15, 0.2) is 24.3 Å². The molecule has 4 N–H and O–H groups in total. The van der Waals surface area contributed by atoms with Crippen molar-refractivity contribution in [1.29, 1.82) is 0 Å². The van der Waals surface area contributed by atoms with Gasteiger partial charge in [0.2, 0.25) is 5.91 Å². The minimum atomic E-state index is -0.194. The molecule has 1 aliphatic heterocycles. The van der Waals surface area contributed by atoms with Crippen molar-refractivity contribution in [2.24, 2.45) is 11.7 Å². The third kappa shape index (κ3) is 2.27. The van der Waals surface area contributed by atoms with Crippen LogP contribution < -0.4 is 16.4 Å². The number of hydrogen-bond donors (Lipinski definition) is 2. The van der Waals surface area contributed by atoms with Crippen LogP contribution in [-0.2, 0) is 4.79 Å². The topological polar surface area (TPSA) is 72.4 Å². The van der Waals surface area contributed by atoms with Crippen molar-refractivity contribution in [2.75, 3.05) is 23.7 Å². The van der Waals surface area contributed by atoms with Crippen LogP contribution in [0, 0.1) is 5.92 Å². The lowest BCUT2D eigenvalue weighted by molar-refractivity contribution is -0.122. The zero-order valence-corrected chi connectivity index (χ0v) is 9.23. The van der Waals surface area contributed by atoms with E-state index >= 15 is 0 Å². The maximum absolute atomic E-state index is 11.2. The molecule has 86 valence electrons. The summed E-state index contributed by atoms with van der Waals surface area (Å²) in [5.74, 6) is -0.216. The molecule has 0 spiro atoms. The largest absolute Gasteiger partial charge is 0.399 e. The minimum absolute atomic E-state index is 0.0219. The number of rotatable bonds is 2. The highest BCUT2D eigenvalue weighted by atomic mass is 16.1. The third-order valence-electron chi connectivity index (χ3n) is 3.08. The van der Waals surface area contributed by atoms with Crippen LogP contribution in [0.25, 0.3) is 0 Å². The number of primary amides is 1. The Morgan fingerprint density at radius 1 is 1.31 bits per heavy atom. The van der Waals surface area contributed by atoms with Crippen molar-refractivity contribution in [2.45, 2.75) is 12.8 Å². The molecule has 0 aromatic heterocycles. The molecule has 4 nitrogen and oxygen atoms in total. The molecule has 16 heavy (non-hydrogen) atoms. The smallest absolute Gasteiger partial charge is 0.222 e. The van der Waals surface area contributed by atoms with Gasteiger partial charge in [0.25, 0.3) is 0 Å². The van der Waals surface area contributed by atoms with Crippen molar-refractivity contribution in [3.05, 3.63) is 24.3 Å². The van der Waals surface area contributed by atoms with E-state index in [1.807, 2.05) is 24.3 Å². The molecule has 0 aliphatic carbocycles. The zero-order chi connectivity index (χ0) is 11.5. The van der Waals surface area contributed by atoms with E-state index in [4.69, 9.17) is 11.5 Å². The van der Waals surface area contributed by atoms with Crippen LogP contribution >= 0.6 is 0 Å². The molecule has 1 unspecified atom stereocenters. The Morgan fingerprint density at radius 3 is 2.62 bits per heavy atom. The van der Waals surface area contributed by atoms with Gasteiger partial charge in [0.1, 0.15) is 0 Å². The van der Waals surface area contributed by atoms with Crippen LogP contribution in [0.2, 0.25) is 0 Å². The quantitative estimate of drug-likeness (QED) is 0.728. The van der Waals surface area contributed by atoms with Crippen LogP contribution in [0.1, 0.15) is 12.8 Å². The average molecular weight is 219 g/mol. The summed E-state index contributed by atoms with van der Waals surface area (Å²) in [6.45, 7) is 1.70. The van der Waals surface area contributed by atoms with E-state index in [9.17, 15) is 4.79 Å². The Labute approximate surface area is 95.2 Å². The molecule has 4 heteroatoms. The number of nitrogens with two attached hydrogens (primary N) is 2. The van der Waals surface area contributed by atoms with E-state index in [1.54, 1.807) is 0 Å². The van der Waals surface area contributed by atoms with Gasteiger partial charge in [0.05, 0.1) is 5.92 Å². The molecule has 1 aromatic rings. The summed E-state index contributed by atoms with van der Waals surface area (Å²) < 4.78 is 0. The maximum Gasteiger partial charge on any atom is 0.222 e. The number of nitrogens with zero attached hydrogens (tertiary/aromatic N) is 1. The van der Waals surface area contributed by atoms with Crippen LogP contribution in [-0.4, -0.2) is 19.0 Å². The van der Waals surface area contributed by atoms with Gasteiger partial charge in [0, 0.05) is 24.5 Å². The standard InChI is InChI=1S/C12H17N3O/c13-10-3-5-11(6-4-10)15-7-1-2-9(8-15)12(14)16/h3-6,9H,1-2,7-8,13H2,(H2,14,16). The minimum Gasteiger partial charge on any atom is -0.399 e. The molecule has 2 rings (SSSR count). The Balaban J connectivity index is 2.09. The molecule has 0 radical (unpaired) electrons. The molecule has 1 atom stereocenters. The van der Waals surface area contributed by atoms with Gasteiger partial charge >= 0.3 is 0 Å². The molecule has 1 heterocycles. The molecular weight excluding hydrogens is 202 g/mol. The predicted octanol–water partition coefficient (Wildman–Crippen LogP) is 0.970. The summed E-state index contributed by atoms with van der Waals surface area (Å²) in [4.78, 5) is 13.4. The van der Waals surface area contributed by atoms with Crippen molar-refractivity contribution in [1.82, 2.24) is 0 Å². The van der Waals surface area contributed by atoms with Gasteiger partial charge in [-0.25, -0.2) is 0 Å². The predicted molar refractivity (Wildman–Crippen MR) is 65.0 cm³/mol. The van der Waals surface area contributed by atoms with E-state index in [0.29, 0.717) is 0 Å². The number of piperidine rings is 1. The highest BCUT2D eigenvalue weighted by Gasteiger charge is 2.23. The fourth-order valence-electron chi connectivity index (χ4n) is 2.13. The first-order valence-corrected chi connectivity index (χ1v) is 5.56. The third-order valence-corrected chi connectivity index (χ3v) is 3.08. The van der Waals surface area contributed by atoms with Gasteiger partial charge in [-0.05, 0) is 37.1 Å². The second-order valence-electron chi connectivity index (χ2n) is 4.28. The first kappa shape index (κ1) is 10.8.